The second-order valence-electron chi connectivity index (χ2n) is 4.36. The lowest BCUT2D eigenvalue weighted by molar-refractivity contribution is -0.387. The van der Waals surface area contributed by atoms with Crippen LogP contribution in [0.4, 0.5) is 10.1 Å². The van der Waals surface area contributed by atoms with Crippen LogP contribution in [0, 0.1) is 22.9 Å². The molecule has 0 aliphatic rings. The quantitative estimate of drug-likeness (QED) is 0.455. The van der Waals surface area contributed by atoms with Crippen LogP contribution in [-0.4, -0.2) is 36.1 Å². The SMILES string of the molecule is Cc1cc(S(=O)(=O)NCCCS(C)=O)cc([N+](=O)[O-])c1F. The number of hydrogen-bond donors (Lipinski definition) is 1. The van der Waals surface area contributed by atoms with Crippen LogP contribution in [0.2, 0.25) is 0 Å². The standard InChI is InChI=1S/C11H15FN2O5S2/c1-8-6-9(7-10(11(8)12)14(15)16)21(18,19)13-4-3-5-20(2)17/h6-7,13H,3-5H2,1-2H3. The normalized spacial score (nSPS) is 13.1. The Morgan fingerprint density at radius 3 is 2.57 bits per heavy atom. The van der Waals surface area contributed by atoms with Gasteiger partial charge in [-0.05, 0) is 25.0 Å². The molecular weight excluding hydrogens is 323 g/mol. The van der Waals surface area contributed by atoms with Crippen molar-refractivity contribution in [3.63, 3.8) is 0 Å². The van der Waals surface area contributed by atoms with E-state index in [0.717, 1.165) is 6.07 Å². The van der Waals surface area contributed by atoms with Crippen molar-refractivity contribution in [2.45, 2.75) is 18.2 Å². The third-order valence-electron chi connectivity index (χ3n) is 2.62. The summed E-state index contributed by atoms with van der Waals surface area (Å²) in [4.78, 5) is 9.36. The summed E-state index contributed by atoms with van der Waals surface area (Å²) in [5, 5.41) is 10.7. The zero-order valence-corrected chi connectivity index (χ0v) is 13.1. The van der Waals surface area contributed by atoms with Crippen molar-refractivity contribution in [2.75, 3.05) is 18.6 Å². The molecule has 0 saturated carbocycles. The summed E-state index contributed by atoms with van der Waals surface area (Å²) in [6.45, 7) is 1.30. The first-order valence-corrected chi connectivity index (χ1v) is 9.10. The van der Waals surface area contributed by atoms with Crippen LogP contribution in [0.3, 0.4) is 0 Å². The van der Waals surface area contributed by atoms with Crippen LogP contribution in [0.15, 0.2) is 17.0 Å². The highest BCUT2D eigenvalue weighted by Gasteiger charge is 2.23. The fraction of sp³-hybridized carbons (Fsp3) is 0.455. The van der Waals surface area contributed by atoms with E-state index in [0.29, 0.717) is 18.2 Å². The minimum atomic E-state index is -3.97. The van der Waals surface area contributed by atoms with E-state index in [9.17, 15) is 27.1 Å². The van der Waals surface area contributed by atoms with Gasteiger partial charge in [0.2, 0.25) is 15.8 Å². The maximum absolute atomic E-state index is 13.5. The van der Waals surface area contributed by atoms with Gasteiger partial charge in [0.05, 0.1) is 9.82 Å². The second kappa shape index (κ2) is 7.05. The lowest BCUT2D eigenvalue weighted by Gasteiger charge is -2.08. The molecular formula is C11H15FN2O5S2. The molecule has 7 nitrogen and oxygen atoms in total. The average Bonchev–Trinajstić information content (AvgIpc) is 2.37. The molecule has 0 saturated heterocycles. The van der Waals surface area contributed by atoms with Crippen molar-refractivity contribution >= 4 is 26.5 Å². The van der Waals surface area contributed by atoms with Crippen LogP contribution >= 0.6 is 0 Å². The molecule has 1 rings (SSSR count). The van der Waals surface area contributed by atoms with Gasteiger partial charge in [-0.2, -0.15) is 4.39 Å². The molecule has 1 unspecified atom stereocenters. The number of nitro benzene ring substituents is 1. The summed E-state index contributed by atoms with van der Waals surface area (Å²) in [5.74, 6) is -0.717. The van der Waals surface area contributed by atoms with Gasteiger partial charge in [0.25, 0.3) is 0 Å². The average molecular weight is 338 g/mol. The summed E-state index contributed by atoms with van der Waals surface area (Å²) in [6.07, 6.45) is 1.87. The Bertz CT molecular complexity index is 675. The van der Waals surface area contributed by atoms with Crippen molar-refractivity contribution in [1.29, 1.82) is 0 Å². The molecule has 0 spiro atoms. The van der Waals surface area contributed by atoms with Crippen molar-refractivity contribution in [3.05, 3.63) is 33.6 Å². The Labute approximate surface area is 124 Å². The molecule has 0 fully saturated rings. The van der Waals surface area contributed by atoms with E-state index < -0.39 is 37.3 Å². The largest absolute Gasteiger partial charge is 0.306 e. The van der Waals surface area contributed by atoms with Gasteiger partial charge in [-0.1, -0.05) is 0 Å². The van der Waals surface area contributed by atoms with E-state index >= 15 is 0 Å². The molecule has 0 heterocycles. The number of nitro groups is 1. The predicted molar refractivity (Wildman–Crippen MR) is 76.5 cm³/mol. The summed E-state index contributed by atoms with van der Waals surface area (Å²) < 4.78 is 50.6. The van der Waals surface area contributed by atoms with Gasteiger partial charge in [-0.15, -0.1) is 0 Å². The summed E-state index contributed by atoms with van der Waals surface area (Å²) in [6, 6.07) is 1.71. The predicted octanol–water partition coefficient (Wildman–Crippen LogP) is 1.09. The zero-order chi connectivity index (χ0) is 16.2. The fourth-order valence-electron chi connectivity index (χ4n) is 1.57. The highest BCUT2D eigenvalue weighted by molar-refractivity contribution is 7.89. The van der Waals surface area contributed by atoms with Crippen molar-refractivity contribution < 1.29 is 21.9 Å². The van der Waals surface area contributed by atoms with Crippen molar-refractivity contribution in [2.24, 2.45) is 0 Å². The number of benzene rings is 1. The number of sulfonamides is 1. The van der Waals surface area contributed by atoms with Gasteiger partial charge in [-0.3, -0.25) is 14.3 Å². The third-order valence-corrected chi connectivity index (χ3v) is 4.92. The van der Waals surface area contributed by atoms with Gasteiger partial charge in [0.15, 0.2) is 0 Å². The summed E-state index contributed by atoms with van der Waals surface area (Å²) in [5.41, 5.74) is -1.01. The number of nitrogens with one attached hydrogen (secondary N) is 1. The first-order chi connectivity index (χ1) is 9.65. The molecule has 0 bridgehead atoms. The number of nitrogens with zero attached hydrogens (tertiary/aromatic N) is 1. The number of aryl methyl sites for hydroxylation is 1. The maximum atomic E-state index is 13.5. The molecule has 0 radical (unpaired) electrons. The van der Waals surface area contributed by atoms with Crippen LogP contribution in [-0.2, 0) is 20.8 Å². The number of hydrogen-bond acceptors (Lipinski definition) is 5. The number of halogens is 1. The van der Waals surface area contributed by atoms with E-state index in [1.54, 1.807) is 0 Å². The van der Waals surface area contributed by atoms with E-state index in [4.69, 9.17) is 0 Å². The van der Waals surface area contributed by atoms with E-state index in [1.807, 2.05) is 0 Å². The fourth-order valence-corrected chi connectivity index (χ4v) is 3.30. The maximum Gasteiger partial charge on any atom is 0.306 e. The molecule has 118 valence electrons. The third kappa shape index (κ3) is 4.83. The smallest absolute Gasteiger partial charge is 0.260 e. The van der Waals surface area contributed by atoms with Gasteiger partial charge in [0, 0.05) is 35.4 Å². The van der Waals surface area contributed by atoms with E-state index in [-0.39, 0.29) is 17.0 Å². The molecule has 0 aliphatic carbocycles. The van der Waals surface area contributed by atoms with Crippen LogP contribution < -0.4 is 4.72 Å². The molecule has 1 N–H and O–H groups in total. The monoisotopic (exact) mass is 338 g/mol. The minimum absolute atomic E-state index is 0.0478. The molecule has 21 heavy (non-hydrogen) atoms. The first kappa shape index (κ1) is 17.7. The Morgan fingerprint density at radius 2 is 2.05 bits per heavy atom. The van der Waals surface area contributed by atoms with Gasteiger partial charge < -0.3 is 0 Å². The topological polar surface area (TPSA) is 106 Å². The Morgan fingerprint density at radius 1 is 1.43 bits per heavy atom. The van der Waals surface area contributed by atoms with Gasteiger partial charge in [0.1, 0.15) is 0 Å². The van der Waals surface area contributed by atoms with Crippen LogP contribution in [0.1, 0.15) is 12.0 Å². The first-order valence-electron chi connectivity index (χ1n) is 5.89. The van der Waals surface area contributed by atoms with E-state index in [2.05, 4.69) is 4.72 Å². The van der Waals surface area contributed by atoms with E-state index in [1.165, 1.54) is 13.2 Å². The van der Waals surface area contributed by atoms with Crippen LogP contribution in [0.25, 0.3) is 0 Å². The van der Waals surface area contributed by atoms with Crippen LogP contribution in [0.5, 0.6) is 0 Å². The minimum Gasteiger partial charge on any atom is -0.260 e. The summed E-state index contributed by atoms with van der Waals surface area (Å²) >= 11 is 0. The summed E-state index contributed by atoms with van der Waals surface area (Å²) in [7, 11) is -5.00. The molecule has 1 atom stereocenters. The van der Waals surface area contributed by atoms with Gasteiger partial charge >= 0.3 is 5.69 Å². The lowest BCUT2D eigenvalue weighted by Crippen LogP contribution is -2.26. The van der Waals surface area contributed by atoms with Crippen molar-refractivity contribution in [3.8, 4) is 0 Å². The highest BCUT2D eigenvalue weighted by atomic mass is 32.2. The molecule has 0 aromatic heterocycles. The lowest BCUT2D eigenvalue weighted by atomic mass is 10.2. The Kier molecular flexibility index (Phi) is 5.93. The Hall–Kier alpha value is -1.39. The molecule has 10 heteroatoms. The highest BCUT2D eigenvalue weighted by Crippen LogP contribution is 2.24. The molecule has 0 aliphatic heterocycles. The van der Waals surface area contributed by atoms with Crippen molar-refractivity contribution in [1.82, 2.24) is 4.72 Å². The second-order valence-corrected chi connectivity index (χ2v) is 7.68. The molecule has 1 aromatic rings. The zero-order valence-electron chi connectivity index (χ0n) is 11.5. The molecule has 1 aromatic carbocycles. The number of rotatable bonds is 7. The molecule has 0 amide bonds. The Balaban J connectivity index is 2.98. The van der Waals surface area contributed by atoms with Gasteiger partial charge in [-0.25, -0.2) is 13.1 Å².